The Hall–Kier alpha value is -0.530. The standard InChI is InChI=1S/C18H37NO/c1-4-6-7-8-9-10-11-12-13-14-16-18(15-5-2)19-17(3)20/h18H,4-16H2,1-3H3,(H,19,20). The Morgan fingerprint density at radius 1 is 0.750 bits per heavy atom. The van der Waals surface area contributed by atoms with Crippen molar-refractivity contribution in [1.29, 1.82) is 0 Å². The van der Waals surface area contributed by atoms with Crippen molar-refractivity contribution in [1.82, 2.24) is 5.32 Å². The first-order valence-electron chi connectivity index (χ1n) is 8.97. The van der Waals surface area contributed by atoms with Gasteiger partial charge in [-0.3, -0.25) is 4.79 Å². The first-order chi connectivity index (χ1) is 9.70. The van der Waals surface area contributed by atoms with Crippen molar-refractivity contribution in [3.05, 3.63) is 0 Å². The highest BCUT2D eigenvalue weighted by Gasteiger charge is 2.07. The Balaban J connectivity index is 3.34. The maximum Gasteiger partial charge on any atom is 0.217 e. The van der Waals surface area contributed by atoms with E-state index in [0.29, 0.717) is 6.04 Å². The molecule has 0 heterocycles. The summed E-state index contributed by atoms with van der Waals surface area (Å²) >= 11 is 0. The van der Waals surface area contributed by atoms with Gasteiger partial charge < -0.3 is 5.32 Å². The predicted molar refractivity (Wildman–Crippen MR) is 89.0 cm³/mol. The van der Waals surface area contributed by atoms with Crippen LogP contribution in [-0.4, -0.2) is 11.9 Å². The van der Waals surface area contributed by atoms with Crippen LogP contribution in [0.3, 0.4) is 0 Å². The van der Waals surface area contributed by atoms with Gasteiger partial charge in [-0.1, -0.05) is 84.5 Å². The van der Waals surface area contributed by atoms with Crippen LogP contribution in [0.4, 0.5) is 0 Å². The molecule has 1 N–H and O–H groups in total. The minimum atomic E-state index is 0.121. The van der Waals surface area contributed by atoms with Crippen LogP contribution in [-0.2, 0) is 4.79 Å². The summed E-state index contributed by atoms with van der Waals surface area (Å²) in [6.07, 6.45) is 17.2. The largest absolute Gasteiger partial charge is 0.354 e. The zero-order valence-corrected chi connectivity index (χ0v) is 14.2. The molecule has 0 radical (unpaired) electrons. The molecule has 0 saturated carbocycles. The lowest BCUT2D eigenvalue weighted by atomic mass is 10.0. The molecule has 0 spiro atoms. The highest BCUT2D eigenvalue weighted by Crippen LogP contribution is 2.13. The summed E-state index contributed by atoms with van der Waals surface area (Å²) in [6.45, 7) is 6.08. The first kappa shape index (κ1) is 19.5. The molecule has 1 atom stereocenters. The predicted octanol–water partition coefficient (Wildman–Crippen LogP) is 5.60. The highest BCUT2D eigenvalue weighted by molar-refractivity contribution is 5.73. The maximum absolute atomic E-state index is 11.1. The summed E-state index contributed by atoms with van der Waals surface area (Å²) in [6, 6.07) is 0.409. The third-order valence-electron chi connectivity index (χ3n) is 3.95. The third kappa shape index (κ3) is 13.9. The number of rotatable bonds is 14. The van der Waals surface area contributed by atoms with Gasteiger partial charge in [-0.05, 0) is 12.8 Å². The maximum atomic E-state index is 11.1. The number of carbonyl (C=O) groups excluding carboxylic acids is 1. The van der Waals surface area contributed by atoms with Crippen LogP contribution < -0.4 is 5.32 Å². The summed E-state index contributed by atoms with van der Waals surface area (Å²) in [5.74, 6) is 0.121. The molecule has 1 amide bonds. The molecule has 0 bridgehead atoms. The fraction of sp³-hybridized carbons (Fsp3) is 0.944. The second-order valence-corrected chi connectivity index (χ2v) is 6.16. The van der Waals surface area contributed by atoms with Gasteiger partial charge in [0.2, 0.25) is 5.91 Å². The normalized spacial score (nSPS) is 12.3. The number of unbranched alkanes of at least 4 members (excludes halogenated alkanes) is 9. The molecule has 0 aliphatic rings. The first-order valence-corrected chi connectivity index (χ1v) is 8.97. The number of carbonyl (C=O) groups is 1. The summed E-state index contributed by atoms with van der Waals surface area (Å²) in [4.78, 5) is 11.1. The van der Waals surface area contributed by atoms with Gasteiger partial charge in [0.25, 0.3) is 0 Å². The molecular formula is C18H37NO. The molecule has 0 aliphatic carbocycles. The van der Waals surface area contributed by atoms with E-state index in [9.17, 15) is 4.79 Å². The smallest absolute Gasteiger partial charge is 0.217 e. The van der Waals surface area contributed by atoms with Crippen LogP contribution in [0.2, 0.25) is 0 Å². The lowest BCUT2D eigenvalue weighted by Crippen LogP contribution is -2.32. The van der Waals surface area contributed by atoms with E-state index in [1.165, 1.54) is 64.2 Å². The quantitative estimate of drug-likeness (QED) is 0.413. The third-order valence-corrected chi connectivity index (χ3v) is 3.95. The van der Waals surface area contributed by atoms with E-state index in [0.717, 1.165) is 19.3 Å². The molecule has 20 heavy (non-hydrogen) atoms. The van der Waals surface area contributed by atoms with Crippen molar-refractivity contribution >= 4 is 5.91 Å². The van der Waals surface area contributed by atoms with Crippen molar-refractivity contribution in [2.24, 2.45) is 0 Å². The van der Waals surface area contributed by atoms with E-state index in [1.54, 1.807) is 6.92 Å². The molecule has 2 heteroatoms. The minimum Gasteiger partial charge on any atom is -0.354 e. The van der Waals surface area contributed by atoms with Crippen molar-refractivity contribution in [3.63, 3.8) is 0 Å². The zero-order valence-electron chi connectivity index (χ0n) is 14.2. The molecule has 0 rings (SSSR count). The molecule has 120 valence electrons. The number of amides is 1. The fourth-order valence-corrected chi connectivity index (χ4v) is 2.80. The second kappa shape index (κ2) is 14.9. The molecule has 2 nitrogen and oxygen atoms in total. The van der Waals surface area contributed by atoms with Crippen LogP contribution in [0.15, 0.2) is 0 Å². The van der Waals surface area contributed by atoms with Crippen molar-refractivity contribution < 1.29 is 4.79 Å². The van der Waals surface area contributed by atoms with Crippen LogP contribution in [0.1, 0.15) is 104 Å². The minimum absolute atomic E-state index is 0.121. The molecule has 0 aromatic rings. The molecule has 0 aromatic heterocycles. The van der Waals surface area contributed by atoms with Gasteiger partial charge in [-0.15, -0.1) is 0 Å². The second-order valence-electron chi connectivity index (χ2n) is 6.16. The lowest BCUT2D eigenvalue weighted by molar-refractivity contribution is -0.119. The number of hydrogen-bond acceptors (Lipinski definition) is 1. The van der Waals surface area contributed by atoms with E-state index in [2.05, 4.69) is 19.2 Å². The van der Waals surface area contributed by atoms with Gasteiger partial charge in [0.05, 0.1) is 0 Å². The highest BCUT2D eigenvalue weighted by atomic mass is 16.1. The van der Waals surface area contributed by atoms with Gasteiger partial charge in [-0.2, -0.15) is 0 Å². The average Bonchev–Trinajstić information content (AvgIpc) is 2.40. The molecule has 0 fully saturated rings. The van der Waals surface area contributed by atoms with Gasteiger partial charge in [-0.25, -0.2) is 0 Å². The number of hydrogen-bond donors (Lipinski definition) is 1. The SMILES string of the molecule is CCCCCCCCCCCCC(CCC)NC(C)=O. The Labute approximate surface area is 127 Å². The average molecular weight is 284 g/mol. The van der Waals surface area contributed by atoms with E-state index >= 15 is 0 Å². The van der Waals surface area contributed by atoms with Gasteiger partial charge in [0, 0.05) is 13.0 Å². The molecule has 1 unspecified atom stereocenters. The van der Waals surface area contributed by atoms with Crippen molar-refractivity contribution in [3.8, 4) is 0 Å². The molecule has 0 aromatic carbocycles. The van der Waals surface area contributed by atoms with Crippen LogP contribution in [0.25, 0.3) is 0 Å². The van der Waals surface area contributed by atoms with E-state index in [1.807, 2.05) is 0 Å². The van der Waals surface area contributed by atoms with E-state index < -0.39 is 0 Å². The van der Waals surface area contributed by atoms with E-state index in [4.69, 9.17) is 0 Å². The van der Waals surface area contributed by atoms with Crippen LogP contribution in [0, 0.1) is 0 Å². The molecule has 0 aliphatic heterocycles. The van der Waals surface area contributed by atoms with Crippen LogP contribution in [0.5, 0.6) is 0 Å². The van der Waals surface area contributed by atoms with Crippen molar-refractivity contribution in [2.75, 3.05) is 0 Å². The number of nitrogens with one attached hydrogen (secondary N) is 1. The Morgan fingerprint density at radius 2 is 1.25 bits per heavy atom. The summed E-state index contributed by atoms with van der Waals surface area (Å²) in [5, 5.41) is 3.07. The van der Waals surface area contributed by atoms with Gasteiger partial charge >= 0.3 is 0 Å². The van der Waals surface area contributed by atoms with Gasteiger partial charge in [0.15, 0.2) is 0 Å². The fourth-order valence-electron chi connectivity index (χ4n) is 2.80. The van der Waals surface area contributed by atoms with E-state index in [-0.39, 0.29) is 5.91 Å². The van der Waals surface area contributed by atoms with Gasteiger partial charge in [0.1, 0.15) is 0 Å². The zero-order chi connectivity index (χ0) is 15.1. The lowest BCUT2D eigenvalue weighted by Gasteiger charge is -2.16. The molecule has 0 saturated heterocycles. The summed E-state index contributed by atoms with van der Waals surface area (Å²) < 4.78 is 0. The topological polar surface area (TPSA) is 29.1 Å². The summed E-state index contributed by atoms with van der Waals surface area (Å²) in [5.41, 5.74) is 0. The Kier molecular flexibility index (Phi) is 14.5. The van der Waals surface area contributed by atoms with Crippen LogP contribution >= 0.6 is 0 Å². The Bertz CT molecular complexity index is 215. The molecular weight excluding hydrogens is 246 g/mol. The summed E-state index contributed by atoms with van der Waals surface area (Å²) in [7, 11) is 0. The Morgan fingerprint density at radius 3 is 1.70 bits per heavy atom. The van der Waals surface area contributed by atoms with Crippen molar-refractivity contribution in [2.45, 2.75) is 110 Å². The monoisotopic (exact) mass is 283 g/mol.